The molecule has 0 unspecified atom stereocenters. The normalized spacial score (nSPS) is 15.9. The van der Waals surface area contributed by atoms with Gasteiger partial charge in [0.25, 0.3) is 0 Å². The van der Waals surface area contributed by atoms with E-state index in [0.717, 1.165) is 19.1 Å². The minimum absolute atomic E-state index is 0.862. The number of nitrogens with one attached hydrogen (secondary N) is 1. The van der Waals surface area contributed by atoms with E-state index in [2.05, 4.69) is 47.5 Å². The summed E-state index contributed by atoms with van der Waals surface area (Å²) in [5.41, 5.74) is 0. The Morgan fingerprint density at radius 2 is 1.79 bits per heavy atom. The van der Waals surface area contributed by atoms with Crippen molar-refractivity contribution in [2.24, 2.45) is 0 Å². The van der Waals surface area contributed by atoms with Crippen LogP contribution in [0.1, 0.15) is 58.3 Å². The van der Waals surface area contributed by atoms with Gasteiger partial charge in [-0.25, -0.2) is 0 Å². The average molecular weight is 349 g/mol. The minimum Gasteiger partial charge on any atom is -0.315 e. The molecule has 0 radical (unpaired) electrons. The summed E-state index contributed by atoms with van der Waals surface area (Å²) in [5, 5.41) is 3.66. The summed E-state index contributed by atoms with van der Waals surface area (Å²) in [7, 11) is 0. The van der Waals surface area contributed by atoms with Gasteiger partial charge in [-0.1, -0.05) is 50.8 Å². The van der Waals surface area contributed by atoms with Gasteiger partial charge in [-0.3, -0.25) is 4.90 Å². The zero-order chi connectivity index (χ0) is 16.9. The molecule has 0 spiro atoms. The highest BCUT2D eigenvalue weighted by molar-refractivity contribution is 7.99. The van der Waals surface area contributed by atoms with E-state index in [-0.39, 0.29) is 0 Å². The molecule has 0 saturated heterocycles. The van der Waals surface area contributed by atoms with Crippen molar-refractivity contribution in [3.63, 3.8) is 0 Å². The van der Waals surface area contributed by atoms with Crippen LogP contribution in [-0.2, 0) is 0 Å². The van der Waals surface area contributed by atoms with E-state index in [1.54, 1.807) is 0 Å². The van der Waals surface area contributed by atoms with Gasteiger partial charge in [0.05, 0.1) is 0 Å². The van der Waals surface area contributed by atoms with Crippen LogP contribution in [0.5, 0.6) is 0 Å². The Hall–Kier alpha value is -0.510. The lowest BCUT2D eigenvalue weighted by Crippen LogP contribution is -2.41. The predicted molar refractivity (Wildman–Crippen MR) is 108 cm³/mol. The third-order valence-electron chi connectivity index (χ3n) is 4.98. The van der Waals surface area contributed by atoms with Crippen LogP contribution in [0.25, 0.3) is 0 Å². The number of nitrogens with zero attached hydrogens (tertiary/aromatic N) is 1. The first kappa shape index (κ1) is 19.8. The Morgan fingerprint density at radius 3 is 2.54 bits per heavy atom. The lowest BCUT2D eigenvalue weighted by atomic mass is 9.94. The third-order valence-corrected chi connectivity index (χ3v) is 6.07. The first-order valence-electron chi connectivity index (χ1n) is 10.0. The summed E-state index contributed by atoms with van der Waals surface area (Å²) in [5.74, 6) is 1.21. The lowest BCUT2D eigenvalue weighted by Gasteiger charge is -2.34. The highest BCUT2D eigenvalue weighted by Gasteiger charge is 2.19. The number of hydrogen-bond acceptors (Lipinski definition) is 3. The van der Waals surface area contributed by atoms with Gasteiger partial charge in [0.1, 0.15) is 0 Å². The van der Waals surface area contributed by atoms with Gasteiger partial charge in [-0.15, -0.1) is 11.8 Å². The molecule has 0 aliphatic heterocycles. The monoisotopic (exact) mass is 348 g/mol. The van der Waals surface area contributed by atoms with E-state index in [1.165, 1.54) is 75.1 Å². The second-order valence-corrected chi connectivity index (χ2v) is 8.11. The topological polar surface area (TPSA) is 15.3 Å². The molecule has 2 rings (SSSR count). The van der Waals surface area contributed by atoms with E-state index >= 15 is 0 Å². The second kappa shape index (κ2) is 12.8. The van der Waals surface area contributed by atoms with E-state index < -0.39 is 0 Å². The van der Waals surface area contributed by atoms with Crippen molar-refractivity contribution < 1.29 is 0 Å². The molecule has 1 saturated carbocycles. The summed E-state index contributed by atoms with van der Waals surface area (Å²) >= 11 is 1.97. The Bertz CT molecular complexity index is 404. The van der Waals surface area contributed by atoms with Gasteiger partial charge >= 0.3 is 0 Å². The van der Waals surface area contributed by atoms with E-state index in [1.807, 2.05) is 11.8 Å². The molecule has 1 N–H and O–H groups in total. The summed E-state index contributed by atoms with van der Waals surface area (Å²) in [6, 6.07) is 11.6. The fourth-order valence-electron chi connectivity index (χ4n) is 3.54. The Morgan fingerprint density at radius 1 is 1.00 bits per heavy atom. The van der Waals surface area contributed by atoms with Crippen LogP contribution in [0.15, 0.2) is 35.2 Å². The molecule has 0 bridgehead atoms. The molecule has 1 aliphatic carbocycles. The molecule has 1 aromatic rings. The molecule has 136 valence electrons. The number of rotatable bonds is 12. The molecule has 0 heterocycles. The summed E-state index contributed by atoms with van der Waals surface area (Å²) < 4.78 is 0. The highest BCUT2D eigenvalue weighted by atomic mass is 32.2. The van der Waals surface area contributed by atoms with Crippen molar-refractivity contribution in [2.75, 3.05) is 31.9 Å². The number of unbranched alkanes of at least 4 members (excludes halogenated alkanes) is 1. The van der Waals surface area contributed by atoms with Crippen LogP contribution in [0.4, 0.5) is 0 Å². The SMILES string of the molecule is CCCCN(CCNCCCSc1ccccc1)C1CCCCC1. The van der Waals surface area contributed by atoms with Crippen molar-refractivity contribution >= 4 is 11.8 Å². The van der Waals surface area contributed by atoms with Gasteiger partial charge in [0.15, 0.2) is 0 Å². The Labute approximate surface area is 153 Å². The van der Waals surface area contributed by atoms with Crippen molar-refractivity contribution in [3.05, 3.63) is 30.3 Å². The maximum absolute atomic E-state index is 3.66. The van der Waals surface area contributed by atoms with Crippen LogP contribution in [0.2, 0.25) is 0 Å². The van der Waals surface area contributed by atoms with Crippen LogP contribution in [-0.4, -0.2) is 42.9 Å². The first-order valence-corrected chi connectivity index (χ1v) is 11.0. The summed E-state index contributed by atoms with van der Waals surface area (Å²) in [4.78, 5) is 4.16. The molecule has 24 heavy (non-hydrogen) atoms. The van der Waals surface area contributed by atoms with E-state index in [9.17, 15) is 0 Å². The van der Waals surface area contributed by atoms with Crippen molar-refractivity contribution in [2.45, 2.75) is 69.2 Å². The van der Waals surface area contributed by atoms with Crippen molar-refractivity contribution in [1.82, 2.24) is 10.2 Å². The average Bonchev–Trinajstić information content (AvgIpc) is 2.65. The van der Waals surface area contributed by atoms with Crippen molar-refractivity contribution in [3.8, 4) is 0 Å². The van der Waals surface area contributed by atoms with Crippen LogP contribution < -0.4 is 5.32 Å². The quantitative estimate of drug-likeness (QED) is 0.413. The maximum atomic E-state index is 3.66. The Balaban J connectivity index is 1.54. The van der Waals surface area contributed by atoms with Crippen LogP contribution in [0.3, 0.4) is 0 Å². The summed E-state index contributed by atoms with van der Waals surface area (Å²) in [6.45, 7) is 7.13. The number of benzene rings is 1. The zero-order valence-corrected chi connectivity index (χ0v) is 16.3. The fraction of sp³-hybridized carbons (Fsp3) is 0.714. The zero-order valence-electron chi connectivity index (χ0n) is 15.5. The van der Waals surface area contributed by atoms with Gasteiger partial charge in [0.2, 0.25) is 0 Å². The molecule has 1 aliphatic rings. The van der Waals surface area contributed by atoms with Gasteiger partial charge in [0, 0.05) is 24.0 Å². The molecular weight excluding hydrogens is 312 g/mol. The smallest absolute Gasteiger partial charge is 0.0110 e. The fourth-order valence-corrected chi connectivity index (χ4v) is 4.41. The molecule has 2 nitrogen and oxygen atoms in total. The highest BCUT2D eigenvalue weighted by Crippen LogP contribution is 2.22. The largest absolute Gasteiger partial charge is 0.315 e. The molecule has 0 amide bonds. The molecule has 0 aromatic heterocycles. The van der Waals surface area contributed by atoms with Crippen LogP contribution in [0, 0.1) is 0 Å². The number of thioether (sulfide) groups is 1. The lowest BCUT2D eigenvalue weighted by molar-refractivity contribution is 0.154. The van der Waals surface area contributed by atoms with Gasteiger partial charge < -0.3 is 5.32 Å². The van der Waals surface area contributed by atoms with Crippen LogP contribution >= 0.6 is 11.8 Å². The molecular formula is C21H36N2S. The third kappa shape index (κ3) is 8.04. The van der Waals surface area contributed by atoms with E-state index in [0.29, 0.717) is 0 Å². The molecule has 1 fully saturated rings. The Kier molecular flexibility index (Phi) is 10.6. The first-order chi connectivity index (χ1) is 11.9. The standard InChI is InChI=1S/C21H36N2S/c1-2-3-17-23(20-11-6-4-7-12-20)18-16-22-15-10-19-24-21-13-8-5-9-14-21/h5,8-9,13-14,20,22H,2-4,6-7,10-12,15-19H2,1H3. The van der Waals surface area contributed by atoms with E-state index in [4.69, 9.17) is 0 Å². The molecule has 3 heteroatoms. The predicted octanol–water partition coefficient (Wildman–Crippen LogP) is 5.19. The van der Waals surface area contributed by atoms with Gasteiger partial charge in [-0.05, 0) is 56.7 Å². The molecule has 0 atom stereocenters. The van der Waals surface area contributed by atoms with Crippen molar-refractivity contribution in [1.29, 1.82) is 0 Å². The minimum atomic E-state index is 0.862. The second-order valence-electron chi connectivity index (χ2n) is 6.95. The maximum Gasteiger partial charge on any atom is 0.0110 e. The van der Waals surface area contributed by atoms with Gasteiger partial charge in [-0.2, -0.15) is 0 Å². The number of hydrogen-bond donors (Lipinski definition) is 1. The molecule has 1 aromatic carbocycles. The summed E-state index contributed by atoms with van der Waals surface area (Å²) in [6.07, 6.45) is 11.1.